The highest BCUT2D eigenvalue weighted by Gasteiger charge is 2.44. The molecule has 1 aliphatic heterocycles. The van der Waals surface area contributed by atoms with Crippen LogP contribution < -0.4 is 10.1 Å². The Labute approximate surface area is 174 Å². The van der Waals surface area contributed by atoms with E-state index in [0.717, 1.165) is 16.8 Å². The Balaban J connectivity index is 1.51. The predicted molar refractivity (Wildman–Crippen MR) is 109 cm³/mol. The molecular weight excluding hydrogens is 390 g/mol. The molecule has 1 aliphatic rings. The number of hydrogen-bond acceptors (Lipinski definition) is 7. The molecule has 8 heteroatoms. The fourth-order valence-electron chi connectivity index (χ4n) is 3.15. The highest BCUT2D eigenvalue weighted by atomic mass is 16.7. The standard InChI is InChI=1S/C22H27NO7/c1-13-2-7-15(8-3-13)23-18(25)11-6-14-4-9-16(10-5-14)29-22-21(28)20(27)19(26)17(12-24)30-22/h2-5,7-10,17,19-22,24,26-28H,6,11-12H2,1H3,(H,23,25). The summed E-state index contributed by atoms with van der Waals surface area (Å²) in [5.41, 5.74) is 2.81. The lowest BCUT2D eigenvalue weighted by molar-refractivity contribution is -0.277. The minimum atomic E-state index is -1.49. The molecular formula is C22H27NO7. The Hall–Kier alpha value is -2.49. The highest BCUT2D eigenvalue weighted by molar-refractivity contribution is 5.90. The lowest BCUT2D eigenvalue weighted by Gasteiger charge is -2.39. The Morgan fingerprint density at radius 2 is 1.67 bits per heavy atom. The number of amides is 1. The van der Waals surface area contributed by atoms with Crippen LogP contribution in [0.4, 0.5) is 5.69 Å². The molecule has 1 heterocycles. The first kappa shape index (κ1) is 22.2. The quantitative estimate of drug-likeness (QED) is 0.450. The van der Waals surface area contributed by atoms with Crippen molar-refractivity contribution in [3.63, 3.8) is 0 Å². The maximum Gasteiger partial charge on any atom is 0.229 e. The van der Waals surface area contributed by atoms with Crippen LogP contribution in [-0.2, 0) is 16.0 Å². The van der Waals surface area contributed by atoms with Gasteiger partial charge in [0.25, 0.3) is 0 Å². The van der Waals surface area contributed by atoms with E-state index in [4.69, 9.17) is 9.47 Å². The molecule has 0 spiro atoms. The molecule has 8 nitrogen and oxygen atoms in total. The third kappa shape index (κ3) is 5.56. The molecule has 2 aromatic carbocycles. The predicted octanol–water partition coefficient (Wildman–Crippen LogP) is 0.745. The van der Waals surface area contributed by atoms with Gasteiger partial charge in [0.1, 0.15) is 30.2 Å². The molecule has 2 aromatic rings. The largest absolute Gasteiger partial charge is 0.462 e. The molecule has 0 aromatic heterocycles. The summed E-state index contributed by atoms with van der Waals surface area (Å²) in [7, 11) is 0. The molecule has 5 atom stereocenters. The Kier molecular flexibility index (Phi) is 7.41. The molecule has 1 saturated heterocycles. The van der Waals surface area contributed by atoms with Gasteiger partial charge in [-0.3, -0.25) is 4.79 Å². The van der Waals surface area contributed by atoms with Crippen LogP contribution in [-0.4, -0.2) is 63.6 Å². The summed E-state index contributed by atoms with van der Waals surface area (Å²) in [4.78, 5) is 12.1. The van der Waals surface area contributed by atoms with Crippen LogP contribution in [0.3, 0.4) is 0 Å². The summed E-state index contributed by atoms with van der Waals surface area (Å²) >= 11 is 0. The summed E-state index contributed by atoms with van der Waals surface area (Å²) in [6.45, 7) is 1.46. The van der Waals surface area contributed by atoms with Crippen molar-refractivity contribution in [1.82, 2.24) is 0 Å². The number of anilines is 1. The van der Waals surface area contributed by atoms with Crippen molar-refractivity contribution in [3.8, 4) is 5.75 Å². The second-order valence-electron chi connectivity index (χ2n) is 7.37. The van der Waals surface area contributed by atoms with Crippen LogP contribution in [0.2, 0.25) is 0 Å². The smallest absolute Gasteiger partial charge is 0.229 e. The average Bonchev–Trinajstić information content (AvgIpc) is 2.75. The van der Waals surface area contributed by atoms with Gasteiger partial charge < -0.3 is 35.2 Å². The van der Waals surface area contributed by atoms with E-state index in [-0.39, 0.29) is 5.91 Å². The van der Waals surface area contributed by atoms with E-state index in [0.29, 0.717) is 18.6 Å². The van der Waals surface area contributed by atoms with Crippen LogP contribution in [0, 0.1) is 6.92 Å². The van der Waals surface area contributed by atoms with Gasteiger partial charge in [0.05, 0.1) is 6.61 Å². The van der Waals surface area contributed by atoms with Crippen LogP contribution in [0.15, 0.2) is 48.5 Å². The van der Waals surface area contributed by atoms with Gasteiger partial charge in [-0.15, -0.1) is 0 Å². The van der Waals surface area contributed by atoms with Crippen LogP contribution in [0.25, 0.3) is 0 Å². The summed E-state index contributed by atoms with van der Waals surface area (Å²) in [5.74, 6) is 0.299. The van der Waals surface area contributed by atoms with Gasteiger partial charge in [0, 0.05) is 12.1 Å². The fraction of sp³-hybridized carbons (Fsp3) is 0.409. The maximum absolute atomic E-state index is 12.1. The third-order valence-electron chi connectivity index (χ3n) is 5.00. The van der Waals surface area contributed by atoms with Crippen molar-refractivity contribution in [2.24, 2.45) is 0 Å². The van der Waals surface area contributed by atoms with E-state index in [2.05, 4.69) is 5.32 Å². The van der Waals surface area contributed by atoms with Crippen molar-refractivity contribution in [2.45, 2.75) is 50.5 Å². The van der Waals surface area contributed by atoms with Crippen molar-refractivity contribution < 1.29 is 34.7 Å². The zero-order valence-electron chi connectivity index (χ0n) is 16.6. The summed E-state index contributed by atoms with van der Waals surface area (Å²) in [6, 6.07) is 14.5. The van der Waals surface area contributed by atoms with Gasteiger partial charge in [-0.05, 0) is 43.2 Å². The molecule has 5 unspecified atom stereocenters. The van der Waals surface area contributed by atoms with Crippen LogP contribution in [0.5, 0.6) is 5.75 Å². The topological polar surface area (TPSA) is 128 Å². The lowest BCUT2D eigenvalue weighted by Crippen LogP contribution is -2.60. The SMILES string of the molecule is Cc1ccc(NC(=O)CCc2ccc(OC3OC(CO)C(O)C(O)C3O)cc2)cc1. The van der Waals surface area contributed by atoms with Crippen LogP contribution in [0.1, 0.15) is 17.5 Å². The molecule has 30 heavy (non-hydrogen) atoms. The third-order valence-corrected chi connectivity index (χ3v) is 5.00. The van der Waals surface area contributed by atoms with Gasteiger partial charge in [-0.25, -0.2) is 0 Å². The highest BCUT2D eigenvalue weighted by Crippen LogP contribution is 2.24. The molecule has 0 radical (unpaired) electrons. The molecule has 162 valence electrons. The Morgan fingerprint density at radius 3 is 2.30 bits per heavy atom. The zero-order valence-corrected chi connectivity index (χ0v) is 16.6. The van der Waals surface area contributed by atoms with Crippen LogP contribution >= 0.6 is 0 Å². The summed E-state index contributed by atoms with van der Waals surface area (Å²) in [5, 5.41) is 41.7. The number of hydrogen-bond donors (Lipinski definition) is 5. The Morgan fingerprint density at radius 1 is 1.00 bits per heavy atom. The monoisotopic (exact) mass is 417 g/mol. The molecule has 3 rings (SSSR count). The number of carbonyl (C=O) groups excluding carboxylic acids is 1. The first-order chi connectivity index (χ1) is 14.4. The second-order valence-corrected chi connectivity index (χ2v) is 7.37. The summed E-state index contributed by atoms with van der Waals surface area (Å²) in [6.07, 6.45) is -5.79. The van der Waals surface area contributed by atoms with Crippen molar-refractivity contribution >= 4 is 11.6 Å². The maximum atomic E-state index is 12.1. The number of nitrogens with one attached hydrogen (secondary N) is 1. The average molecular weight is 417 g/mol. The number of aliphatic hydroxyl groups is 4. The zero-order chi connectivity index (χ0) is 21.7. The number of benzene rings is 2. The number of aliphatic hydroxyl groups excluding tert-OH is 4. The molecule has 0 aliphatic carbocycles. The normalized spacial score (nSPS) is 26.2. The van der Waals surface area contributed by atoms with Gasteiger partial charge in [-0.1, -0.05) is 29.8 Å². The van der Waals surface area contributed by atoms with E-state index in [1.54, 1.807) is 24.3 Å². The van der Waals surface area contributed by atoms with E-state index in [1.165, 1.54) is 0 Å². The van der Waals surface area contributed by atoms with E-state index >= 15 is 0 Å². The first-order valence-corrected chi connectivity index (χ1v) is 9.80. The van der Waals surface area contributed by atoms with E-state index < -0.39 is 37.3 Å². The fourth-order valence-corrected chi connectivity index (χ4v) is 3.15. The minimum Gasteiger partial charge on any atom is -0.462 e. The van der Waals surface area contributed by atoms with Crippen molar-refractivity contribution in [1.29, 1.82) is 0 Å². The van der Waals surface area contributed by atoms with Crippen molar-refractivity contribution in [3.05, 3.63) is 59.7 Å². The number of carbonyl (C=O) groups is 1. The number of aryl methyl sites for hydroxylation is 2. The molecule has 1 fully saturated rings. The second kappa shape index (κ2) is 10.0. The molecule has 0 saturated carbocycles. The minimum absolute atomic E-state index is 0.0829. The molecule has 5 N–H and O–H groups in total. The molecule has 1 amide bonds. The van der Waals surface area contributed by atoms with E-state index in [1.807, 2.05) is 31.2 Å². The van der Waals surface area contributed by atoms with Gasteiger partial charge in [0.15, 0.2) is 0 Å². The summed E-state index contributed by atoms with van der Waals surface area (Å²) < 4.78 is 10.9. The first-order valence-electron chi connectivity index (χ1n) is 9.80. The number of ether oxygens (including phenoxy) is 2. The lowest BCUT2D eigenvalue weighted by atomic mass is 9.99. The van der Waals surface area contributed by atoms with Gasteiger partial charge in [0.2, 0.25) is 12.2 Å². The Bertz CT molecular complexity index is 822. The van der Waals surface area contributed by atoms with Gasteiger partial charge >= 0.3 is 0 Å². The van der Waals surface area contributed by atoms with Crippen molar-refractivity contribution in [2.75, 3.05) is 11.9 Å². The van der Waals surface area contributed by atoms with Gasteiger partial charge in [-0.2, -0.15) is 0 Å². The molecule has 0 bridgehead atoms. The van der Waals surface area contributed by atoms with E-state index in [9.17, 15) is 25.2 Å². The number of rotatable bonds is 7.